The molecule has 108 valence electrons. The Morgan fingerprint density at radius 1 is 1.20 bits per heavy atom. The fraction of sp³-hybridized carbons (Fsp3) is 0.500. The monoisotopic (exact) mass is 274 g/mol. The van der Waals surface area contributed by atoms with Crippen LogP contribution in [0.1, 0.15) is 38.2 Å². The van der Waals surface area contributed by atoms with Gasteiger partial charge in [-0.25, -0.2) is 0 Å². The second-order valence-electron chi connectivity index (χ2n) is 5.32. The number of carbonyl (C=O) groups excluding carboxylic acids is 2. The molecule has 1 aromatic rings. The summed E-state index contributed by atoms with van der Waals surface area (Å²) < 4.78 is 0. The number of carboxylic acid groups (broad SMARTS) is 1. The van der Waals surface area contributed by atoms with E-state index in [9.17, 15) is 14.7 Å². The Morgan fingerprint density at radius 3 is 2.50 bits per heavy atom. The zero-order chi connectivity index (χ0) is 14.5. The maximum absolute atomic E-state index is 12.3. The highest BCUT2D eigenvalue weighted by molar-refractivity contribution is 5.95. The first-order chi connectivity index (χ1) is 9.63. The number of carbonyl (C=O) groups is 2. The summed E-state index contributed by atoms with van der Waals surface area (Å²) in [6.45, 7) is 2.02. The third kappa shape index (κ3) is 3.18. The zero-order valence-electron chi connectivity index (χ0n) is 11.7. The fourth-order valence-corrected chi connectivity index (χ4v) is 2.90. The lowest BCUT2D eigenvalue weighted by molar-refractivity contribution is -0.313. The largest absolute Gasteiger partial charge is 0.550 e. The SMILES string of the molecule is CCc1ccccc1NC(=O)[C@@H]1CCCC[C@H]1C(=O)[O-]. The number of aliphatic carboxylic acids is 1. The van der Waals surface area contributed by atoms with Crippen LogP contribution in [0.3, 0.4) is 0 Å². The van der Waals surface area contributed by atoms with E-state index in [1.54, 1.807) is 0 Å². The molecular weight excluding hydrogens is 254 g/mol. The van der Waals surface area contributed by atoms with Gasteiger partial charge in [-0.15, -0.1) is 0 Å². The third-order valence-electron chi connectivity index (χ3n) is 4.06. The minimum Gasteiger partial charge on any atom is -0.550 e. The second-order valence-corrected chi connectivity index (χ2v) is 5.32. The molecule has 20 heavy (non-hydrogen) atoms. The Hall–Kier alpha value is -1.84. The van der Waals surface area contributed by atoms with Crippen LogP contribution in [0.15, 0.2) is 24.3 Å². The Kier molecular flexibility index (Phi) is 4.77. The van der Waals surface area contributed by atoms with E-state index in [2.05, 4.69) is 5.32 Å². The molecule has 0 saturated heterocycles. The number of nitrogens with one attached hydrogen (secondary N) is 1. The molecule has 1 aromatic carbocycles. The number of para-hydroxylation sites is 1. The third-order valence-corrected chi connectivity index (χ3v) is 4.06. The first kappa shape index (κ1) is 14.6. The molecule has 4 heteroatoms. The first-order valence-corrected chi connectivity index (χ1v) is 7.23. The summed E-state index contributed by atoms with van der Waals surface area (Å²) in [7, 11) is 0. The summed E-state index contributed by atoms with van der Waals surface area (Å²) in [4.78, 5) is 23.5. The van der Waals surface area contributed by atoms with Crippen LogP contribution in [0.25, 0.3) is 0 Å². The molecule has 2 rings (SSSR count). The summed E-state index contributed by atoms with van der Waals surface area (Å²) in [5.41, 5.74) is 1.84. The van der Waals surface area contributed by atoms with Gasteiger partial charge in [0, 0.05) is 23.5 Å². The van der Waals surface area contributed by atoms with E-state index in [1.807, 2.05) is 31.2 Å². The lowest BCUT2D eigenvalue weighted by Gasteiger charge is -2.31. The minimum atomic E-state index is -1.10. The van der Waals surface area contributed by atoms with Crippen molar-refractivity contribution in [1.82, 2.24) is 0 Å². The van der Waals surface area contributed by atoms with Gasteiger partial charge in [0.1, 0.15) is 0 Å². The Morgan fingerprint density at radius 2 is 1.85 bits per heavy atom. The van der Waals surface area contributed by atoms with Crippen molar-refractivity contribution in [1.29, 1.82) is 0 Å². The van der Waals surface area contributed by atoms with Crippen molar-refractivity contribution >= 4 is 17.6 Å². The van der Waals surface area contributed by atoms with E-state index in [0.29, 0.717) is 12.8 Å². The number of anilines is 1. The lowest BCUT2D eigenvalue weighted by atomic mass is 9.78. The predicted molar refractivity (Wildman–Crippen MR) is 74.9 cm³/mol. The Bertz CT molecular complexity index is 498. The van der Waals surface area contributed by atoms with Gasteiger partial charge in [0.25, 0.3) is 0 Å². The molecule has 0 aromatic heterocycles. The van der Waals surface area contributed by atoms with Crippen LogP contribution in [0.2, 0.25) is 0 Å². The van der Waals surface area contributed by atoms with Gasteiger partial charge in [-0.05, 0) is 30.9 Å². The van der Waals surface area contributed by atoms with Gasteiger partial charge < -0.3 is 15.2 Å². The normalized spacial score (nSPS) is 22.2. The fourth-order valence-electron chi connectivity index (χ4n) is 2.90. The van der Waals surface area contributed by atoms with Gasteiger partial charge in [0.05, 0.1) is 0 Å². The van der Waals surface area contributed by atoms with Crippen molar-refractivity contribution < 1.29 is 14.7 Å². The quantitative estimate of drug-likeness (QED) is 0.909. The Balaban J connectivity index is 2.12. The number of carboxylic acids is 1. The highest BCUT2D eigenvalue weighted by Crippen LogP contribution is 2.31. The van der Waals surface area contributed by atoms with Gasteiger partial charge in [0.2, 0.25) is 5.91 Å². The van der Waals surface area contributed by atoms with Gasteiger partial charge in [-0.3, -0.25) is 4.79 Å². The lowest BCUT2D eigenvalue weighted by Crippen LogP contribution is -2.42. The van der Waals surface area contributed by atoms with E-state index in [4.69, 9.17) is 0 Å². The summed E-state index contributed by atoms with van der Waals surface area (Å²) in [5.74, 6) is -2.43. The van der Waals surface area contributed by atoms with Crippen molar-refractivity contribution in [2.24, 2.45) is 11.8 Å². The van der Waals surface area contributed by atoms with Gasteiger partial charge in [-0.2, -0.15) is 0 Å². The van der Waals surface area contributed by atoms with Crippen molar-refractivity contribution in [2.45, 2.75) is 39.0 Å². The van der Waals surface area contributed by atoms with Gasteiger partial charge in [0.15, 0.2) is 0 Å². The van der Waals surface area contributed by atoms with Crippen LogP contribution < -0.4 is 10.4 Å². The number of hydrogen-bond acceptors (Lipinski definition) is 3. The molecule has 1 fully saturated rings. The number of hydrogen-bond donors (Lipinski definition) is 1. The van der Waals surface area contributed by atoms with Gasteiger partial charge in [-0.1, -0.05) is 38.0 Å². The molecule has 1 N–H and O–H groups in total. The highest BCUT2D eigenvalue weighted by atomic mass is 16.4. The smallest absolute Gasteiger partial charge is 0.228 e. The molecule has 0 bridgehead atoms. The molecule has 4 nitrogen and oxygen atoms in total. The van der Waals surface area contributed by atoms with Crippen LogP contribution in [-0.2, 0) is 16.0 Å². The molecule has 1 aliphatic carbocycles. The zero-order valence-corrected chi connectivity index (χ0v) is 11.7. The highest BCUT2D eigenvalue weighted by Gasteiger charge is 2.31. The van der Waals surface area contributed by atoms with Crippen LogP contribution in [-0.4, -0.2) is 11.9 Å². The van der Waals surface area contributed by atoms with Gasteiger partial charge >= 0.3 is 0 Å². The summed E-state index contributed by atoms with van der Waals surface area (Å²) in [6, 6.07) is 7.62. The van der Waals surface area contributed by atoms with E-state index < -0.39 is 17.8 Å². The molecule has 1 saturated carbocycles. The average Bonchev–Trinajstić information content (AvgIpc) is 2.47. The average molecular weight is 274 g/mol. The number of benzene rings is 1. The molecular formula is C16H20NO3-. The maximum Gasteiger partial charge on any atom is 0.228 e. The van der Waals surface area contributed by atoms with E-state index in [-0.39, 0.29) is 5.91 Å². The van der Waals surface area contributed by atoms with Crippen LogP contribution in [0, 0.1) is 11.8 Å². The van der Waals surface area contributed by atoms with Crippen LogP contribution >= 0.6 is 0 Å². The molecule has 0 radical (unpaired) electrons. The molecule has 1 amide bonds. The molecule has 0 spiro atoms. The molecule has 0 aliphatic heterocycles. The number of rotatable bonds is 4. The summed E-state index contributed by atoms with van der Waals surface area (Å²) in [5, 5.41) is 14.0. The predicted octanol–water partition coefficient (Wildman–Crippen LogP) is 1.74. The Labute approximate surface area is 119 Å². The van der Waals surface area contributed by atoms with Crippen molar-refractivity contribution in [3.05, 3.63) is 29.8 Å². The molecule has 0 unspecified atom stereocenters. The number of aryl methyl sites for hydroxylation is 1. The van der Waals surface area contributed by atoms with Crippen molar-refractivity contribution in [3.63, 3.8) is 0 Å². The maximum atomic E-state index is 12.3. The van der Waals surface area contributed by atoms with Crippen LogP contribution in [0.4, 0.5) is 5.69 Å². The first-order valence-electron chi connectivity index (χ1n) is 7.23. The van der Waals surface area contributed by atoms with E-state index >= 15 is 0 Å². The van der Waals surface area contributed by atoms with Crippen molar-refractivity contribution in [3.8, 4) is 0 Å². The number of amides is 1. The van der Waals surface area contributed by atoms with E-state index in [1.165, 1.54) is 0 Å². The van der Waals surface area contributed by atoms with E-state index in [0.717, 1.165) is 30.5 Å². The molecule has 0 heterocycles. The minimum absolute atomic E-state index is 0.195. The topological polar surface area (TPSA) is 69.2 Å². The van der Waals surface area contributed by atoms with Crippen molar-refractivity contribution in [2.75, 3.05) is 5.32 Å². The summed E-state index contributed by atoms with van der Waals surface area (Å²) >= 11 is 0. The second kappa shape index (κ2) is 6.55. The standard InChI is InChI=1S/C16H21NO3/c1-2-11-7-3-6-10-14(11)17-15(18)12-8-4-5-9-13(12)16(19)20/h3,6-7,10,12-13H,2,4-5,8-9H2,1H3,(H,17,18)(H,19,20)/p-1/t12-,13-/m1/s1. The molecule has 1 aliphatic rings. The molecule has 2 atom stereocenters. The summed E-state index contributed by atoms with van der Waals surface area (Å²) in [6.07, 6.45) is 3.74. The van der Waals surface area contributed by atoms with Crippen LogP contribution in [0.5, 0.6) is 0 Å².